The number of guanidine groups is 2. The van der Waals surface area contributed by atoms with Crippen molar-refractivity contribution in [1.29, 1.82) is 0 Å². The fraction of sp³-hybridized carbons (Fsp3) is 0.400. The Morgan fingerprint density at radius 2 is 2.38 bits per heavy atom. The van der Waals surface area contributed by atoms with Crippen LogP contribution in [-0.2, 0) is 6.54 Å². The third kappa shape index (κ3) is 2.33. The smallest absolute Gasteiger partial charge is 0.200 e. The highest BCUT2D eigenvalue weighted by atomic mass is 16.3. The second kappa shape index (κ2) is 4.26. The highest BCUT2D eigenvalue weighted by molar-refractivity contribution is 5.99. The lowest BCUT2D eigenvalue weighted by atomic mass is 10.2. The summed E-state index contributed by atoms with van der Waals surface area (Å²) in [5.74, 6) is 1.02. The van der Waals surface area contributed by atoms with Gasteiger partial charge in [0.1, 0.15) is 6.17 Å². The molecule has 6 heteroatoms. The van der Waals surface area contributed by atoms with Crippen molar-refractivity contribution < 1.29 is 4.42 Å². The number of aliphatic imine (C=N–C) groups is 2. The van der Waals surface area contributed by atoms with Gasteiger partial charge in [0.15, 0.2) is 11.9 Å². The molecule has 1 aromatic rings. The molecule has 0 saturated heterocycles. The van der Waals surface area contributed by atoms with Gasteiger partial charge in [0.25, 0.3) is 0 Å². The first-order valence-electron chi connectivity index (χ1n) is 5.08. The van der Waals surface area contributed by atoms with Crippen LogP contribution < -0.4 is 16.4 Å². The average molecular weight is 221 g/mol. The molecule has 4 N–H and O–H groups in total. The van der Waals surface area contributed by atoms with Gasteiger partial charge in [-0.05, 0) is 19.4 Å². The minimum atomic E-state index is -0.0505. The monoisotopic (exact) mass is 221 g/mol. The zero-order valence-electron chi connectivity index (χ0n) is 9.32. The van der Waals surface area contributed by atoms with Crippen LogP contribution in [0, 0.1) is 6.92 Å². The maximum atomic E-state index is 5.59. The van der Waals surface area contributed by atoms with Crippen LogP contribution in [0.3, 0.4) is 0 Å². The van der Waals surface area contributed by atoms with Gasteiger partial charge in [0.05, 0.1) is 19.1 Å². The molecule has 0 bridgehead atoms. The number of hydrogen-bond acceptors (Lipinski definition) is 4. The van der Waals surface area contributed by atoms with E-state index in [2.05, 4.69) is 20.6 Å². The molecule has 1 atom stereocenters. The summed E-state index contributed by atoms with van der Waals surface area (Å²) in [4.78, 5) is 8.43. The van der Waals surface area contributed by atoms with E-state index >= 15 is 0 Å². The summed E-state index contributed by atoms with van der Waals surface area (Å²) < 4.78 is 5.07. The van der Waals surface area contributed by atoms with Crippen molar-refractivity contribution >= 4 is 11.9 Å². The summed E-state index contributed by atoms with van der Waals surface area (Å²) in [7, 11) is 0. The van der Waals surface area contributed by atoms with Crippen LogP contribution in [0.1, 0.15) is 18.1 Å². The summed E-state index contributed by atoms with van der Waals surface area (Å²) in [6.45, 7) is 4.45. The highest BCUT2D eigenvalue weighted by Crippen LogP contribution is 2.09. The molecule has 1 unspecified atom stereocenters. The maximum absolute atomic E-state index is 5.59. The Bertz CT molecular complexity index is 434. The molecule has 0 fully saturated rings. The Kier molecular flexibility index (Phi) is 2.80. The average Bonchev–Trinajstić information content (AvgIpc) is 2.59. The van der Waals surface area contributed by atoms with Crippen molar-refractivity contribution in [1.82, 2.24) is 10.6 Å². The molecule has 2 heterocycles. The molecular formula is C10H15N5O. The van der Waals surface area contributed by atoms with Crippen molar-refractivity contribution in [3.8, 4) is 0 Å². The molecule has 1 aliphatic rings. The Hall–Kier alpha value is -1.98. The summed E-state index contributed by atoms with van der Waals surface area (Å²) in [5.41, 5.74) is 7.75. The van der Waals surface area contributed by atoms with Crippen LogP contribution in [0.15, 0.2) is 26.9 Å². The lowest BCUT2D eigenvalue weighted by molar-refractivity contribution is 0.562. The lowest BCUT2D eigenvalue weighted by Crippen LogP contribution is -2.52. The van der Waals surface area contributed by atoms with Gasteiger partial charge in [-0.3, -0.25) is 5.32 Å². The number of rotatable bonds is 2. The zero-order valence-corrected chi connectivity index (χ0v) is 9.32. The van der Waals surface area contributed by atoms with E-state index in [9.17, 15) is 0 Å². The predicted molar refractivity (Wildman–Crippen MR) is 61.9 cm³/mol. The van der Waals surface area contributed by atoms with Crippen LogP contribution in [0.5, 0.6) is 0 Å². The number of furan rings is 1. The molecule has 1 aliphatic heterocycles. The molecule has 86 valence electrons. The molecule has 0 spiro atoms. The van der Waals surface area contributed by atoms with Crippen LogP contribution >= 0.6 is 0 Å². The van der Waals surface area contributed by atoms with Gasteiger partial charge >= 0.3 is 0 Å². The van der Waals surface area contributed by atoms with Gasteiger partial charge in [-0.1, -0.05) is 0 Å². The first-order valence-corrected chi connectivity index (χ1v) is 5.08. The van der Waals surface area contributed by atoms with Crippen molar-refractivity contribution in [2.45, 2.75) is 26.6 Å². The summed E-state index contributed by atoms with van der Waals surface area (Å²) >= 11 is 0. The van der Waals surface area contributed by atoms with E-state index in [1.165, 1.54) is 0 Å². The van der Waals surface area contributed by atoms with Crippen molar-refractivity contribution in [3.05, 3.63) is 23.7 Å². The van der Waals surface area contributed by atoms with E-state index < -0.39 is 0 Å². The zero-order chi connectivity index (χ0) is 11.5. The Morgan fingerprint density at radius 3 is 3.00 bits per heavy atom. The van der Waals surface area contributed by atoms with E-state index in [4.69, 9.17) is 10.2 Å². The third-order valence-electron chi connectivity index (χ3n) is 2.29. The van der Waals surface area contributed by atoms with E-state index in [1.807, 2.05) is 13.8 Å². The summed E-state index contributed by atoms with van der Waals surface area (Å²) in [6.07, 6.45) is 3.35. The predicted octanol–water partition coefficient (Wildman–Crippen LogP) is 0.298. The molecular weight excluding hydrogens is 206 g/mol. The molecule has 0 aromatic carbocycles. The number of nitrogens with one attached hydrogen (secondary N) is 2. The van der Waals surface area contributed by atoms with Gasteiger partial charge in [-0.25, -0.2) is 9.98 Å². The number of nitrogens with two attached hydrogens (primary N) is 1. The molecule has 2 rings (SSSR count). The largest absolute Gasteiger partial charge is 0.472 e. The highest BCUT2D eigenvalue weighted by Gasteiger charge is 2.11. The quantitative estimate of drug-likeness (QED) is 0.670. The second-order valence-corrected chi connectivity index (χ2v) is 3.70. The number of hydrogen-bond donors (Lipinski definition) is 3. The number of aryl methyl sites for hydroxylation is 1. The maximum Gasteiger partial charge on any atom is 0.200 e. The Balaban J connectivity index is 2.04. The minimum Gasteiger partial charge on any atom is -0.472 e. The SMILES string of the molecule is Cc1cocc1CN=C1NC(N)=NC(C)N1. The van der Waals surface area contributed by atoms with E-state index in [0.29, 0.717) is 18.5 Å². The first-order chi connectivity index (χ1) is 7.65. The standard InChI is InChI=1S/C10H15N5O/c1-6-4-16-5-8(6)3-12-10-14-7(2)13-9(11)15-10/h4-5,7H,3H2,1-2H3,(H4,11,12,13,14,15). The van der Waals surface area contributed by atoms with Gasteiger partial charge in [0, 0.05) is 5.56 Å². The fourth-order valence-corrected chi connectivity index (χ4v) is 1.43. The van der Waals surface area contributed by atoms with Gasteiger partial charge < -0.3 is 15.5 Å². The van der Waals surface area contributed by atoms with Gasteiger partial charge in [-0.2, -0.15) is 0 Å². The first kappa shape index (κ1) is 10.5. The van der Waals surface area contributed by atoms with Crippen LogP contribution in [-0.4, -0.2) is 18.1 Å². The molecule has 0 saturated carbocycles. The van der Waals surface area contributed by atoms with Crippen molar-refractivity contribution in [2.75, 3.05) is 0 Å². The van der Waals surface area contributed by atoms with Crippen molar-refractivity contribution in [2.24, 2.45) is 15.7 Å². The molecule has 16 heavy (non-hydrogen) atoms. The second-order valence-electron chi connectivity index (χ2n) is 3.70. The molecule has 0 amide bonds. The van der Waals surface area contributed by atoms with Crippen LogP contribution in [0.25, 0.3) is 0 Å². The molecule has 0 radical (unpaired) electrons. The normalized spacial score (nSPS) is 22.5. The fourth-order valence-electron chi connectivity index (χ4n) is 1.43. The summed E-state index contributed by atoms with van der Waals surface area (Å²) in [6, 6.07) is 0. The Morgan fingerprint density at radius 1 is 1.56 bits per heavy atom. The Labute approximate surface area is 93.6 Å². The topological polar surface area (TPSA) is 87.9 Å². The van der Waals surface area contributed by atoms with E-state index in [0.717, 1.165) is 11.1 Å². The number of nitrogens with zero attached hydrogens (tertiary/aromatic N) is 2. The van der Waals surface area contributed by atoms with Gasteiger partial charge in [-0.15, -0.1) is 0 Å². The minimum absolute atomic E-state index is 0.0505. The van der Waals surface area contributed by atoms with Gasteiger partial charge in [0.2, 0.25) is 0 Å². The van der Waals surface area contributed by atoms with E-state index in [-0.39, 0.29) is 6.17 Å². The van der Waals surface area contributed by atoms with Crippen molar-refractivity contribution in [3.63, 3.8) is 0 Å². The van der Waals surface area contributed by atoms with E-state index in [1.54, 1.807) is 12.5 Å². The van der Waals surface area contributed by atoms with Crippen LogP contribution in [0.2, 0.25) is 0 Å². The van der Waals surface area contributed by atoms with Crippen LogP contribution in [0.4, 0.5) is 0 Å². The molecule has 0 aliphatic carbocycles. The summed E-state index contributed by atoms with van der Waals surface area (Å²) in [5, 5.41) is 5.93. The third-order valence-corrected chi connectivity index (χ3v) is 2.29. The molecule has 6 nitrogen and oxygen atoms in total. The molecule has 1 aromatic heterocycles. The lowest BCUT2D eigenvalue weighted by Gasteiger charge is -2.20.